The Kier molecular flexibility index (Phi) is 5.22. The Balaban J connectivity index is 1.34. The molecule has 5 nitrogen and oxygen atoms in total. The van der Waals surface area contributed by atoms with Gasteiger partial charge in [-0.3, -0.25) is 9.59 Å². The molecule has 1 aliphatic heterocycles. The zero-order valence-electron chi connectivity index (χ0n) is 16.9. The van der Waals surface area contributed by atoms with Crippen LogP contribution in [-0.2, 0) is 11.3 Å². The van der Waals surface area contributed by atoms with Gasteiger partial charge in [0.25, 0.3) is 5.91 Å². The first-order valence-corrected chi connectivity index (χ1v) is 11.1. The molecule has 0 unspecified atom stereocenters. The van der Waals surface area contributed by atoms with Crippen LogP contribution in [0.1, 0.15) is 28.8 Å². The van der Waals surface area contributed by atoms with Gasteiger partial charge < -0.3 is 10.2 Å². The summed E-state index contributed by atoms with van der Waals surface area (Å²) >= 11 is 1.61. The minimum Gasteiger partial charge on any atom is -0.338 e. The van der Waals surface area contributed by atoms with Crippen LogP contribution in [0.25, 0.3) is 20.8 Å². The molecule has 31 heavy (non-hydrogen) atoms. The van der Waals surface area contributed by atoms with Crippen LogP contribution in [0.5, 0.6) is 0 Å². The summed E-state index contributed by atoms with van der Waals surface area (Å²) in [6.07, 6.45) is 1.56. The summed E-state index contributed by atoms with van der Waals surface area (Å²) in [6, 6.07) is 23.2. The van der Waals surface area contributed by atoms with Crippen molar-refractivity contribution in [3.63, 3.8) is 0 Å². The number of nitrogens with zero attached hydrogens (tertiary/aromatic N) is 2. The zero-order valence-corrected chi connectivity index (χ0v) is 17.7. The molecule has 0 aliphatic carbocycles. The van der Waals surface area contributed by atoms with E-state index < -0.39 is 0 Å². The summed E-state index contributed by atoms with van der Waals surface area (Å²) in [6.45, 7) is 1.41. The molecule has 0 spiro atoms. The molecule has 0 saturated carbocycles. The minimum atomic E-state index is -0.169. The lowest BCUT2D eigenvalue weighted by Gasteiger charge is -2.15. The maximum absolute atomic E-state index is 12.9. The smallest absolute Gasteiger partial charge is 0.255 e. The van der Waals surface area contributed by atoms with Crippen molar-refractivity contribution in [1.29, 1.82) is 0 Å². The second-order valence-corrected chi connectivity index (χ2v) is 8.63. The third-order valence-electron chi connectivity index (χ3n) is 5.46. The number of likely N-dealkylation sites (tertiary alicyclic amines) is 1. The highest BCUT2D eigenvalue weighted by Crippen LogP contribution is 2.34. The zero-order chi connectivity index (χ0) is 21.2. The van der Waals surface area contributed by atoms with E-state index in [4.69, 9.17) is 4.98 Å². The van der Waals surface area contributed by atoms with Gasteiger partial charge in [-0.1, -0.05) is 36.4 Å². The number of benzene rings is 3. The van der Waals surface area contributed by atoms with Crippen LogP contribution in [0, 0.1) is 0 Å². The van der Waals surface area contributed by atoms with Gasteiger partial charge in [0.15, 0.2) is 0 Å². The molecule has 1 saturated heterocycles. The summed E-state index contributed by atoms with van der Waals surface area (Å²) < 4.78 is 1.12. The topological polar surface area (TPSA) is 62.3 Å². The molecule has 2 amide bonds. The largest absolute Gasteiger partial charge is 0.338 e. The number of fused-ring (bicyclic) bond motifs is 1. The normalized spacial score (nSPS) is 13.7. The number of hydrogen-bond donors (Lipinski definition) is 1. The predicted molar refractivity (Wildman–Crippen MR) is 124 cm³/mol. The Morgan fingerprint density at radius 3 is 2.55 bits per heavy atom. The average Bonchev–Trinajstić information content (AvgIpc) is 3.40. The number of aromatic nitrogens is 1. The first kappa shape index (κ1) is 19.5. The van der Waals surface area contributed by atoms with Crippen LogP contribution in [0.15, 0.2) is 72.8 Å². The number of amides is 2. The van der Waals surface area contributed by atoms with Crippen LogP contribution in [0.4, 0.5) is 5.69 Å². The Labute approximate surface area is 184 Å². The van der Waals surface area contributed by atoms with E-state index in [0.717, 1.165) is 45.0 Å². The number of anilines is 1. The van der Waals surface area contributed by atoms with Crippen LogP contribution in [0.3, 0.4) is 0 Å². The number of carbonyl (C=O) groups is 2. The van der Waals surface area contributed by atoms with Gasteiger partial charge >= 0.3 is 0 Å². The number of nitrogens with one attached hydrogen (secondary N) is 1. The van der Waals surface area contributed by atoms with Crippen LogP contribution >= 0.6 is 11.3 Å². The maximum Gasteiger partial charge on any atom is 0.255 e. The number of carbonyl (C=O) groups excluding carboxylic acids is 2. The van der Waals surface area contributed by atoms with Crippen LogP contribution in [-0.4, -0.2) is 28.2 Å². The SMILES string of the molecule is O=C(Nc1ccccc1-c1nc2ccccc2s1)c1ccc(CN2CCCC2=O)cc1. The third kappa shape index (κ3) is 4.07. The van der Waals surface area contributed by atoms with Gasteiger partial charge in [-0.2, -0.15) is 0 Å². The van der Waals surface area contributed by atoms with Gasteiger partial charge in [0, 0.05) is 30.6 Å². The molecule has 1 N–H and O–H groups in total. The molecule has 6 heteroatoms. The van der Waals surface area contributed by atoms with Gasteiger partial charge in [-0.15, -0.1) is 11.3 Å². The molecule has 5 rings (SSSR count). The quantitative estimate of drug-likeness (QED) is 0.468. The van der Waals surface area contributed by atoms with Crippen molar-refractivity contribution in [3.8, 4) is 10.6 Å². The van der Waals surface area contributed by atoms with Crippen LogP contribution in [0.2, 0.25) is 0 Å². The molecule has 0 radical (unpaired) electrons. The second kappa shape index (κ2) is 8.32. The summed E-state index contributed by atoms with van der Waals surface area (Å²) in [7, 11) is 0. The molecule has 3 aromatic carbocycles. The monoisotopic (exact) mass is 427 g/mol. The Morgan fingerprint density at radius 1 is 1.00 bits per heavy atom. The van der Waals surface area contributed by atoms with E-state index >= 15 is 0 Å². The summed E-state index contributed by atoms with van der Waals surface area (Å²) in [5.74, 6) is 0.0330. The third-order valence-corrected chi connectivity index (χ3v) is 6.53. The lowest BCUT2D eigenvalue weighted by atomic mass is 10.1. The Bertz CT molecular complexity index is 1230. The van der Waals surface area contributed by atoms with E-state index in [1.54, 1.807) is 11.3 Å². The van der Waals surface area contributed by atoms with Crippen molar-refractivity contribution in [2.24, 2.45) is 0 Å². The molecule has 1 aromatic heterocycles. The lowest BCUT2D eigenvalue weighted by molar-refractivity contribution is -0.128. The van der Waals surface area contributed by atoms with Gasteiger partial charge in [0.1, 0.15) is 5.01 Å². The van der Waals surface area contributed by atoms with Crippen molar-refractivity contribution in [1.82, 2.24) is 9.88 Å². The molecule has 1 aliphatic rings. The van der Waals surface area contributed by atoms with Crippen molar-refractivity contribution >= 4 is 39.1 Å². The average molecular weight is 428 g/mol. The highest BCUT2D eigenvalue weighted by atomic mass is 32.1. The van der Waals surface area contributed by atoms with Crippen LogP contribution < -0.4 is 5.32 Å². The van der Waals surface area contributed by atoms with E-state index in [9.17, 15) is 9.59 Å². The fourth-order valence-electron chi connectivity index (χ4n) is 3.81. The standard InChI is InChI=1S/C25H21N3O2S/c29-23-10-5-15-28(23)16-17-11-13-18(14-12-17)24(30)26-20-7-2-1-6-19(20)25-27-21-8-3-4-9-22(21)31-25/h1-4,6-9,11-14H,5,10,15-16H2,(H,26,30). The molecule has 4 aromatic rings. The number of para-hydroxylation sites is 2. The maximum atomic E-state index is 12.9. The van der Waals surface area contributed by atoms with E-state index in [-0.39, 0.29) is 11.8 Å². The molecule has 1 fully saturated rings. The summed E-state index contributed by atoms with van der Waals surface area (Å²) in [5, 5.41) is 3.91. The van der Waals surface area contributed by atoms with Gasteiger partial charge in [-0.25, -0.2) is 4.98 Å². The Morgan fingerprint density at radius 2 is 1.77 bits per heavy atom. The van der Waals surface area contributed by atoms with Crippen molar-refractivity contribution in [3.05, 3.63) is 83.9 Å². The van der Waals surface area contributed by atoms with Crippen molar-refractivity contribution in [2.45, 2.75) is 19.4 Å². The first-order chi connectivity index (χ1) is 15.2. The van der Waals surface area contributed by atoms with Gasteiger partial charge in [-0.05, 0) is 48.4 Å². The molecule has 154 valence electrons. The molecule has 0 atom stereocenters. The van der Waals surface area contributed by atoms with Gasteiger partial charge in [0.2, 0.25) is 5.91 Å². The first-order valence-electron chi connectivity index (χ1n) is 10.3. The second-order valence-electron chi connectivity index (χ2n) is 7.60. The fraction of sp³-hybridized carbons (Fsp3) is 0.160. The molecule has 0 bridgehead atoms. The lowest BCUT2D eigenvalue weighted by Crippen LogP contribution is -2.23. The molecule has 2 heterocycles. The number of thiazole rings is 1. The van der Waals surface area contributed by atoms with E-state index in [0.29, 0.717) is 18.5 Å². The highest BCUT2D eigenvalue weighted by molar-refractivity contribution is 7.21. The molecular formula is C25H21N3O2S. The summed E-state index contributed by atoms with van der Waals surface area (Å²) in [5.41, 5.74) is 4.20. The van der Waals surface area contributed by atoms with E-state index in [1.807, 2.05) is 71.6 Å². The van der Waals surface area contributed by atoms with Crippen molar-refractivity contribution in [2.75, 3.05) is 11.9 Å². The number of rotatable bonds is 5. The molecular weight excluding hydrogens is 406 g/mol. The summed E-state index contributed by atoms with van der Waals surface area (Å²) in [4.78, 5) is 31.3. The van der Waals surface area contributed by atoms with Gasteiger partial charge in [0.05, 0.1) is 15.9 Å². The van der Waals surface area contributed by atoms with E-state index in [1.165, 1.54) is 0 Å². The van der Waals surface area contributed by atoms with E-state index in [2.05, 4.69) is 11.4 Å². The Hall–Kier alpha value is -3.51. The fourth-order valence-corrected chi connectivity index (χ4v) is 4.82. The number of hydrogen-bond acceptors (Lipinski definition) is 4. The minimum absolute atomic E-state index is 0.169. The predicted octanol–water partition coefficient (Wildman–Crippen LogP) is 5.34. The highest BCUT2D eigenvalue weighted by Gasteiger charge is 2.20. The van der Waals surface area contributed by atoms with Crippen molar-refractivity contribution < 1.29 is 9.59 Å².